The Morgan fingerprint density at radius 1 is 1.10 bits per heavy atom. The molecule has 1 heterocycles. The number of esters is 1. The van der Waals surface area contributed by atoms with E-state index in [0.717, 1.165) is 11.1 Å². The van der Waals surface area contributed by atoms with Gasteiger partial charge in [-0.1, -0.05) is 29.5 Å². The molecule has 2 aromatic carbocycles. The molecule has 1 aliphatic rings. The number of methoxy groups -OCH3 is 2. The van der Waals surface area contributed by atoms with Crippen LogP contribution in [0.25, 0.3) is 6.08 Å². The van der Waals surface area contributed by atoms with E-state index in [1.807, 2.05) is 43.3 Å². The number of carbonyl (C=O) groups is 1. The van der Waals surface area contributed by atoms with Crippen molar-refractivity contribution in [1.82, 2.24) is 0 Å². The van der Waals surface area contributed by atoms with Gasteiger partial charge in [0, 0.05) is 6.07 Å². The molecule has 0 atom stereocenters. The van der Waals surface area contributed by atoms with Gasteiger partial charge >= 0.3 is 5.97 Å². The number of aliphatic imine (C=N–C) groups is 1. The smallest absolute Gasteiger partial charge is 0.344 e. The van der Waals surface area contributed by atoms with Crippen LogP contribution in [0.15, 0.2) is 63.7 Å². The maximum Gasteiger partial charge on any atom is 0.344 e. The van der Waals surface area contributed by atoms with Gasteiger partial charge in [0.25, 0.3) is 0 Å². The molecule has 0 spiro atoms. The number of aliphatic hydroxyl groups is 1. The number of nitrogens with zero attached hydrogens (tertiary/aromatic N) is 1. The van der Waals surface area contributed by atoms with Gasteiger partial charge in [-0.25, -0.2) is 9.79 Å². The zero-order valence-electron chi connectivity index (χ0n) is 17.3. The van der Waals surface area contributed by atoms with Crippen LogP contribution in [-0.4, -0.2) is 36.9 Å². The molecule has 0 radical (unpaired) electrons. The Labute approximate surface area is 179 Å². The first-order valence-electron chi connectivity index (χ1n) is 9.34. The highest BCUT2D eigenvalue weighted by Gasteiger charge is 2.33. The summed E-state index contributed by atoms with van der Waals surface area (Å²) in [6, 6.07) is 13.0. The number of hydrogen-bond donors (Lipinski definition) is 1. The molecule has 0 bridgehead atoms. The number of carbonyl (C=O) groups excluding carboxylic acids is 1. The normalized spacial score (nSPS) is 16.3. The Morgan fingerprint density at radius 2 is 1.73 bits per heavy atom. The second-order valence-corrected chi connectivity index (χ2v) is 7.48. The quantitative estimate of drug-likeness (QED) is 0.641. The number of rotatable bonds is 6. The van der Waals surface area contributed by atoms with E-state index in [4.69, 9.17) is 14.2 Å². The monoisotopic (exact) mass is 425 g/mol. The number of aryl methyl sites for hydroxylation is 1. The molecule has 156 valence electrons. The van der Waals surface area contributed by atoms with Crippen LogP contribution in [0.1, 0.15) is 18.1 Å². The minimum atomic E-state index is -0.611. The summed E-state index contributed by atoms with van der Waals surface area (Å²) in [7, 11) is 3.14. The second-order valence-electron chi connectivity index (χ2n) is 6.45. The molecule has 0 unspecified atom stereocenters. The summed E-state index contributed by atoms with van der Waals surface area (Å²) in [6.45, 7) is 3.90. The third kappa shape index (κ3) is 4.86. The molecule has 1 aliphatic heterocycles. The minimum Gasteiger partial charge on any atom is -0.506 e. The highest BCUT2D eigenvalue weighted by molar-refractivity contribution is 8.18. The molecule has 0 aliphatic carbocycles. The van der Waals surface area contributed by atoms with Crippen molar-refractivity contribution in [3.05, 3.63) is 69.8 Å². The van der Waals surface area contributed by atoms with Gasteiger partial charge < -0.3 is 19.3 Å². The standard InChI is InChI=1S/C23H23NO5S/c1-5-29-23(26)20-21(25)19(12-15-10-17(27-3)13-18(11-15)28-4)30-22(20)24-16-8-6-14(2)7-9-16/h6-13,25H,5H2,1-4H3/b19-12+,24-22?. The van der Waals surface area contributed by atoms with Gasteiger partial charge in [-0.3, -0.25) is 0 Å². The summed E-state index contributed by atoms with van der Waals surface area (Å²) < 4.78 is 15.7. The summed E-state index contributed by atoms with van der Waals surface area (Å²) in [4.78, 5) is 17.6. The van der Waals surface area contributed by atoms with Crippen molar-refractivity contribution in [1.29, 1.82) is 0 Å². The average Bonchev–Trinajstić information content (AvgIpc) is 3.04. The summed E-state index contributed by atoms with van der Waals surface area (Å²) >= 11 is 1.21. The lowest BCUT2D eigenvalue weighted by molar-refractivity contribution is -0.138. The molecule has 3 rings (SSSR count). The third-order valence-electron chi connectivity index (χ3n) is 4.31. The second kappa shape index (κ2) is 9.54. The van der Waals surface area contributed by atoms with Gasteiger partial charge in [0.05, 0.1) is 31.4 Å². The fourth-order valence-electron chi connectivity index (χ4n) is 2.79. The molecule has 0 saturated carbocycles. The largest absolute Gasteiger partial charge is 0.506 e. The van der Waals surface area contributed by atoms with E-state index in [2.05, 4.69) is 4.99 Å². The summed E-state index contributed by atoms with van der Waals surface area (Å²) in [5, 5.41) is 11.2. The fraction of sp³-hybridized carbons (Fsp3) is 0.217. The number of ether oxygens (including phenoxy) is 3. The minimum absolute atomic E-state index is 0.0588. The number of aliphatic hydroxyl groups excluding tert-OH is 1. The fourth-order valence-corrected chi connectivity index (χ4v) is 3.83. The van der Waals surface area contributed by atoms with E-state index in [1.54, 1.807) is 33.3 Å². The highest BCUT2D eigenvalue weighted by Crippen LogP contribution is 2.40. The first-order valence-corrected chi connectivity index (χ1v) is 10.2. The summed E-state index contributed by atoms with van der Waals surface area (Å²) in [5.74, 6) is 0.463. The van der Waals surface area contributed by atoms with E-state index in [0.29, 0.717) is 27.1 Å². The first kappa shape index (κ1) is 21.5. The molecule has 1 N–H and O–H groups in total. The van der Waals surface area contributed by atoms with E-state index in [9.17, 15) is 9.90 Å². The van der Waals surface area contributed by atoms with Gasteiger partial charge in [0.2, 0.25) is 0 Å². The van der Waals surface area contributed by atoms with Crippen LogP contribution in [0.3, 0.4) is 0 Å². The van der Waals surface area contributed by atoms with Crippen LogP contribution in [-0.2, 0) is 9.53 Å². The van der Waals surface area contributed by atoms with Crippen molar-refractivity contribution < 1.29 is 24.1 Å². The predicted molar refractivity (Wildman–Crippen MR) is 120 cm³/mol. The Balaban J connectivity index is 2.05. The molecule has 2 aromatic rings. The number of benzene rings is 2. The molecular formula is C23H23NO5S. The van der Waals surface area contributed by atoms with Crippen LogP contribution in [0.5, 0.6) is 11.5 Å². The molecule has 0 saturated heterocycles. The van der Waals surface area contributed by atoms with Crippen molar-refractivity contribution in [3.63, 3.8) is 0 Å². The van der Waals surface area contributed by atoms with Crippen molar-refractivity contribution in [3.8, 4) is 11.5 Å². The Morgan fingerprint density at radius 3 is 2.30 bits per heavy atom. The van der Waals surface area contributed by atoms with Gasteiger partial charge in [-0.2, -0.15) is 0 Å². The SMILES string of the molecule is CCOC(=O)C1=C(O)/C(=C\c2cc(OC)cc(OC)c2)SC1=Nc1ccc(C)cc1. The molecule has 7 heteroatoms. The molecule has 30 heavy (non-hydrogen) atoms. The highest BCUT2D eigenvalue weighted by atomic mass is 32.2. The summed E-state index contributed by atoms with van der Waals surface area (Å²) in [6.07, 6.45) is 1.75. The Bertz CT molecular complexity index is 1020. The first-order chi connectivity index (χ1) is 14.4. The maximum atomic E-state index is 12.5. The summed E-state index contributed by atoms with van der Waals surface area (Å²) in [5.41, 5.74) is 2.60. The Hall–Kier alpha value is -3.19. The van der Waals surface area contributed by atoms with Gasteiger partial charge in [0.1, 0.15) is 27.9 Å². The van der Waals surface area contributed by atoms with E-state index < -0.39 is 5.97 Å². The van der Waals surface area contributed by atoms with Crippen LogP contribution >= 0.6 is 11.8 Å². The lowest BCUT2D eigenvalue weighted by Gasteiger charge is -2.06. The van der Waals surface area contributed by atoms with Crippen molar-refractivity contribution in [2.75, 3.05) is 20.8 Å². The lowest BCUT2D eigenvalue weighted by Crippen LogP contribution is -2.12. The van der Waals surface area contributed by atoms with Crippen molar-refractivity contribution in [2.24, 2.45) is 4.99 Å². The van der Waals surface area contributed by atoms with E-state index in [1.165, 1.54) is 11.8 Å². The third-order valence-corrected chi connectivity index (χ3v) is 5.33. The van der Waals surface area contributed by atoms with Gasteiger partial charge in [-0.15, -0.1) is 0 Å². The average molecular weight is 426 g/mol. The predicted octanol–water partition coefficient (Wildman–Crippen LogP) is 5.21. The number of thioether (sulfide) groups is 1. The molecular weight excluding hydrogens is 402 g/mol. The van der Waals surface area contributed by atoms with Gasteiger partial charge in [0.15, 0.2) is 0 Å². The van der Waals surface area contributed by atoms with Crippen LogP contribution in [0, 0.1) is 6.92 Å². The zero-order chi connectivity index (χ0) is 21.7. The topological polar surface area (TPSA) is 77.4 Å². The van der Waals surface area contributed by atoms with Crippen LogP contribution in [0.4, 0.5) is 5.69 Å². The van der Waals surface area contributed by atoms with Crippen LogP contribution < -0.4 is 9.47 Å². The molecule has 0 amide bonds. The molecule has 0 aromatic heterocycles. The van der Waals surface area contributed by atoms with E-state index in [-0.39, 0.29) is 17.9 Å². The molecule has 6 nitrogen and oxygen atoms in total. The Kier molecular flexibility index (Phi) is 6.84. The number of hydrogen-bond acceptors (Lipinski definition) is 7. The van der Waals surface area contributed by atoms with Gasteiger partial charge in [-0.05, 0) is 49.8 Å². The molecule has 0 fully saturated rings. The zero-order valence-corrected chi connectivity index (χ0v) is 18.1. The van der Waals surface area contributed by atoms with Crippen molar-refractivity contribution >= 4 is 34.5 Å². The lowest BCUT2D eigenvalue weighted by atomic mass is 10.1. The van der Waals surface area contributed by atoms with E-state index >= 15 is 0 Å². The van der Waals surface area contributed by atoms with Crippen molar-refractivity contribution in [2.45, 2.75) is 13.8 Å². The maximum absolute atomic E-state index is 12.5. The van der Waals surface area contributed by atoms with Crippen LogP contribution in [0.2, 0.25) is 0 Å².